The molecule has 0 spiro atoms. The summed E-state index contributed by atoms with van der Waals surface area (Å²) in [6.45, 7) is 6.79. The summed E-state index contributed by atoms with van der Waals surface area (Å²) in [7, 11) is 0. The van der Waals surface area contributed by atoms with E-state index in [0.717, 1.165) is 12.0 Å². The standard InChI is InChI=1S/C10H17N/c1-4-5-6-9(2)7-10(3)8-11/h5,7H,4,8,11H2,1-3H3/b10-7-. The lowest BCUT2D eigenvalue weighted by Gasteiger charge is -1.92. The van der Waals surface area contributed by atoms with Gasteiger partial charge in [-0.2, -0.15) is 0 Å². The summed E-state index contributed by atoms with van der Waals surface area (Å²) >= 11 is 0. The lowest BCUT2D eigenvalue weighted by molar-refractivity contribution is 1.13. The van der Waals surface area contributed by atoms with E-state index < -0.39 is 0 Å². The van der Waals surface area contributed by atoms with Crippen LogP contribution in [0.15, 0.2) is 29.0 Å². The van der Waals surface area contributed by atoms with Crippen molar-refractivity contribution in [3.05, 3.63) is 29.0 Å². The van der Waals surface area contributed by atoms with Gasteiger partial charge in [-0.15, -0.1) is 5.73 Å². The fourth-order valence-electron chi connectivity index (χ4n) is 0.733. The molecule has 0 aliphatic heterocycles. The third-order valence-corrected chi connectivity index (χ3v) is 1.32. The van der Waals surface area contributed by atoms with Crippen molar-refractivity contribution in [1.82, 2.24) is 0 Å². The summed E-state index contributed by atoms with van der Waals surface area (Å²) < 4.78 is 0. The molecule has 1 nitrogen and oxygen atoms in total. The molecule has 0 saturated heterocycles. The second-order valence-corrected chi connectivity index (χ2v) is 2.63. The van der Waals surface area contributed by atoms with Crippen LogP contribution in [0.2, 0.25) is 0 Å². The second-order valence-electron chi connectivity index (χ2n) is 2.63. The van der Waals surface area contributed by atoms with Gasteiger partial charge in [0.25, 0.3) is 0 Å². The van der Waals surface area contributed by atoms with E-state index in [1.54, 1.807) is 0 Å². The molecule has 0 unspecified atom stereocenters. The van der Waals surface area contributed by atoms with Crippen molar-refractivity contribution >= 4 is 0 Å². The normalized spacial score (nSPS) is 10.7. The van der Waals surface area contributed by atoms with Crippen LogP contribution in [-0.4, -0.2) is 6.54 Å². The van der Waals surface area contributed by atoms with Gasteiger partial charge in [0.1, 0.15) is 0 Å². The van der Waals surface area contributed by atoms with Gasteiger partial charge in [-0.05, 0) is 31.9 Å². The van der Waals surface area contributed by atoms with Crippen molar-refractivity contribution in [2.45, 2.75) is 27.2 Å². The topological polar surface area (TPSA) is 26.0 Å². The highest BCUT2D eigenvalue weighted by Gasteiger charge is 1.83. The Balaban J connectivity index is 4.26. The van der Waals surface area contributed by atoms with Crippen LogP contribution in [0.1, 0.15) is 27.2 Å². The monoisotopic (exact) mass is 151 g/mol. The van der Waals surface area contributed by atoms with Gasteiger partial charge in [0, 0.05) is 6.54 Å². The minimum Gasteiger partial charge on any atom is -0.327 e. The molecule has 0 aromatic carbocycles. The molecule has 0 aromatic rings. The quantitative estimate of drug-likeness (QED) is 0.486. The van der Waals surface area contributed by atoms with E-state index in [2.05, 4.69) is 18.7 Å². The fraction of sp³-hybridized carbons (Fsp3) is 0.500. The van der Waals surface area contributed by atoms with Crippen LogP contribution in [0.3, 0.4) is 0 Å². The Hall–Kier alpha value is -0.780. The molecule has 0 aliphatic rings. The second kappa shape index (κ2) is 5.96. The molecule has 2 N–H and O–H groups in total. The molecule has 0 amide bonds. The molecular formula is C10H17N. The lowest BCUT2D eigenvalue weighted by Crippen LogP contribution is -1.99. The average Bonchev–Trinajstić information content (AvgIpc) is 2.00. The van der Waals surface area contributed by atoms with E-state index in [1.807, 2.05) is 19.9 Å². The van der Waals surface area contributed by atoms with Crippen molar-refractivity contribution in [2.75, 3.05) is 6.54 Å². The number of nitrogens with two attached hydrogens (primary N) is 1. The van der Waals surface area contributed by atoms with Gasteiger partial charge in [0.05, 0.1) is 0 Å². The molecule has 0 aliphatic carbocycles. The van der Waals surface area contributed by atoms with Gasteiger partial charge in [0.15, 0.2) is 0 Å². The third-order valence-electron chi connectivity index (χ3n) is 1.32. The van der Waals surface area contributed by atoms with Gasteiger partial charge in [0.2, 0.25) is 0 Å². The first-order valence-electron chi connectivity index (χ1n) is 3.99. The highest BCUT2D eigenvalue weighted by atomic mass is 14.5. The molecule has 0 bridgehead atoms. The smallest absolute Gasteiger partial charge is 0.0137 e. The summed E-state index contributed by atoms with van der Waals surface area (Å²) in [5.74, 6) is 0. The van der Waals surface area contributed by atoms with Gasteiger partial charge in [-0.1, -0.05) is 18.6 Å². The Kier molecular flexibility index (Phi) is 5.54. The van der Waals surface area contributed by atoms with Gasteiger partial charge >= 0.3 is 0 Å². The van der Waals surface area contributed by atoms with E-state index in [0.29, 0.717) is 6.54 Å². The van der Waals surface area contributed by atoms with Crippen molar-refractivity contribution in [3.8, 4) is 0 Å². The van der Waals surface area contributed by atoms with E-state index in [1.165, 1.54) is 5.57 Å². The first kappa shape index (κ1) is 10.2. The maximum absolute atomic E-state index is 5.43. The molecule has 0 saturated carbocycles. The zero-order chi connectivity index (χ0) is 8.69. The highest BCUT2D eigenvalue weighted by molar-refractivity contribution is 5.20. The number of hydrogen-bond acceptors (Lipinski definition) is 1. The van der Waals surface area contributed by atoms with Crippen molar-refractivity contribution in [1.29, 1.82) is 0 Å². The number of allylic oxidation sites excluding steroid dienone is 2. The highest BCUT2D eigenvalue weighted by Crippen LogP contribution is 1.98. The average molecular weight is 151 g/mol. The van der Waals surface area contributed by atoms with E-state index in [4.69, 9.17) is 5.73 Å². The zero-order valence-electron chi connectivity index (χ0n) is 7.65. The molecule has 0 aromatic heterocycles. The van der Waals surface area contributed by atoms with Gasteiger partial charge < -0.3 is 5.73 Å². The van der Waals surface area contributed by atoms with E-state index >= 15 is 0 Å². The predicted octanol–water partition coefficient (Wildman–Crippen LogP) is 2.40. The van der Waals surface area contributed by atoms with Gasteiger partial charge in [-0.3, -0.25) is 0 Å². The molecule has 0 fully saturated rings. The molecule has 0 radical (unpaired) electrons. The van der Waals surface area contributed by atoms with Crippen LogP contribution in [0.4, 0.5) is 0 Å². The van der Waals surface area contributed by atoms with Crippen molar-refractivity contribution in [2.24, 2.45) is 5.73 Å². The van der Waals surface area contributed by atoms with Gasteiger partial charge in [-0.25, -0.2) is 0 Å². The maximum atomic E-state index is 5.43. The van der Waals surface area contributed by atoms with E-state index in [9.17, 15) is 0 Å². The lowest BCUT2D eigenvalue weighted by atomic mass is 10.2. The molecule has 62 valence electrons. The van der Waals surface area contributed by atoms with Crippen LogP contribution < -0.4 is 5.73 Å². The summed E-state index contributed by atoms with van der Waals surface area (Å²) in [4.78, 5) is 0. The van der Waals surface area contributed by atoms with Crippen molar-refractivity contribution in [3.63, 3.8) is 0 Å². The fourth-order valence-corrected chi connectivity index (χ4v) is 0.733. The van der Waals surface area contributed by atoms with Crippen LogP contribution in [0.25, 0.3) is 0 Å². The Morgan fingerprint density at radius 2 is 2.09 bits per heavy atom. The molecule has 0 atom stereocenters. The van der Waals surface area contributed by atoms with E-state index in [-0.39, 0.29) is 0 Å². The maximum Gasteiger partial charge on any atom is 0.0137 e. The number of hydrogen-bond donors (Lipinski definition) is 1. The minimum absolute atomic E-state index is 0.630. The Bertz CT molecular complexity index is 193. The van der Waals surface area contributed by atoms with Crippen LogP contribution >= 0.6 is 0 Å². The molecule has 1 heteroatoms. The minimum atomic E-state index is 0.630. The van der Waals surface area contributed by atoms with Crippen LogP contribution in [-0.2, 0) is 0 Å². The SMILES string of the molecule is CCC=C=C(C)/C=C(/C)CN. The predicted molar refractivity (Wildman–Crippen MR) is 50.4 cm³/mol. The summed E-state index contributed by atoms with van der Waals surface area (Å²) in [5.41, 5.74) is 10.9. The number of rotatable bonds is 3. The largest absolute Gasteiger partial charge is 0.327 e. The summed E-state index contributed by atoms with van der Waals surface area (Å²) in [6.07, 6.45) is 5.12. The van der Waals surface area contributed by atoms with Crippen molar-refractivity contribution < 1.29 is 0 Å². The van der Waals surface area contributed by atoms with Crippen LogP contribution in [0, 0.1) is 0 Å². The first-order chi connectivity index (χ1) is 5.20. The Morgan fingerprint density at radius 1 is 1.45 bits per heavy atom. The van der Waals surface area contributed by atoms with Crippen LogP contribution in [0.5, 0.6) is 0 Å². The summed E-state index contributed by atoms with van der Waals surface area (Å²) in [6, 6.07) is 0. The first-order valence-corrected chi connectivity index (χ1v) is 3.99. The molecule has 11 heavy (non-hydrogen) atoms. The Labute approximate surface area is 69.3 Å². The zero-order valence-corrected chi connectivity index (χ0v) is 7.65. The third kappa shape index (κ3) is 5.65. The molecule has 0 rings (SSSR count). The Morgan fingerprint density at radius 3 is 2.55 bits per heavy atom. The molecule has 0 heterocycles. The summed E-state index contributed by atoms with van der Waals surface area (Å²) in [5, 5.41) is 0. The molecular weight excluding hydrogens is 134 g/mol.